The van der Waals surface area contributed by atoms with E-state index in [1.54, 1.807) is 4.68 Å². The van der Waals surface area contributed by atoms with Gasteiger partial charge in [-0.05, 0) is 37.1 Å². The van der Waals surface area contributed by atoms with Crippen LogP contribution in [0.25, 0.3) is 0 Å². The Bertz CT molecular complexity index is 794. The van der Waals surface area contributed by atoms with E-state index >= 15 is 0 Å². The van der Waals surface area contributed by atoms with Crippen molar-refractivity contribution >= 4 is 11.9 Å². The molecule has 0 bridgehead atoms. The van der Waals surface area contributed by atoms with Crippen LogP contribution in [0.1, 0.15) is 109 Å². The zero-order chi connectivity index (χ0) is 25.7. The molecule has 2 rings (SSSR count). The number of nitrogens with two attached hydrogens (primary N) is 1. The lowest BCUT2D eigenvalue weighted by atomic mass is 10.0. The van der Waals surface area contributed by atoms with Gasteiger partial charge in [-0.2, -0.15) is 4.98 Å². The molecule has 0 fully saturated rings. The molecule has 1 aromatic carbocycles. The van der Waals surface area contributed by atoms with E-state index in [1.165, 1.54) is 95.5 Å². The third-order valence-corrected chi connectivity index (χ3v) is 6.59. The number of aromatic nitrogens is 3. The molecule has 0 unspecified atom stereocenters. The molecule has 204 valence electrons. The van der Waals surface area contributed by atoms with Crippen molar-refractivity contribution in [1.82, 2.24) is 20.1 Å². The van der Waals surface area contributed by atoms with Crippen molar-refractivity contribution in [1.29, 1.82) is 0 Å². The zero-order valence-electron chi connectivity index (χ0n) is 23.1. The van der Waals surface area contributed by atoms with Crippen LogP contribution in [-0.4, -0.2) is 34.5 Å². The summed E-state index contributed by atoms with van der Waals surface area (Å²) in [5.74, 6) is 1.89. The van der Waals surface area contributed by atoms with Crippen molar-refractivity contribution in [2.24, 2.45) is 7.05 Å². The molecule has 0 aliphatic heterocycles. The Morgan fingerprint density at radius 1 is 0.833 bits per heavy atom. The standard InChI is InChI=1S/C29H52N6O/c1-3-4-5-6-7-8-9-10-11-12-13-14-15-16-21-31-25-26-19-17-20-27(24-26)36-23-18-22-32-29-33-28(30)34-35(29)2/h17,19-20,24,31H,3-16,18,21-23,25H2,1-2H3,(H3,30,32,33,34). The maximum absolute atomic E-state index is 5.92. The molecule has 0 atom stereocenters. The highest BCUT2D eigenvalue weighted by Gasteiger charge is 2.03. The lowest BCUT2D eigenvalue weighted by molar-refractivity contribution is 0.314. The number of hydrogen-bond donors (Lipinski definition) is 3. The summed E-state index contributed by atoms with van der Waals surface area (Å²) < 4.78 is 7.56. The summed E-state index contributed by atoms with van der Waals surface area (Å²) in [6.07, 6.45) is 20.5. The smallest absolute Gasteiger partial charge is 0.241 e. The van der Waals surface area contributed by atoms with Gasteiger partial charge in [0, 0.05) is 20.1 Å². The monoisotopic (exact) mass is 500 g/mol. The Hall–Kier alpha value is -2.28. The maximum Gasteiger partial charge on any atom is 0.241 e. The maximum atomic E-state index is 5.92. The fourth-order valence-electron chi connectivity index (χ4n) is 4.44. The van der Waals surface area contributed by atoms with Gasteiger partial charge < -0.3 is 21.1 Å². The van der Waals surface area contributed by atoms with Crippen molar-refractivity contribution in [2.45, 2.75) is 110 Å². The third-order valence-electron chi connectivity index (χ3n) is 6.59. The lowest BCUT2D eigenvalue weighted by Gasteiger charge is -2.10. The SMILES string of the molecule is CCCCCCCCCCCCCCCCNCc1cccc(OCCCNc2nc(N)nn2C)c1. The van der Waals surface area contributed by atoms with Gasteiger partial charge in [0.05, 0.1) is 6.61 Å². The van der Waals surface area contributed by atoms with E-state index in [4.69, 9.17) is 10.5 Å². The van der Waals surface area contributed by atoms with Gasteiger partial charge in [-0.1, -0.05) is 103 Å². The molecule has 0 aliphatic carbocycles. The molecule has 0 saturated heterocycles. The van der Waals surface area contributed by atoms with E-state index in [-0.39, 0.29) is 5.95 Å². The number of nitrogen functional groups attached to an aromatic ring is 1. The molecule has 1 aromatic heterocycles. The zero-order valence-corrected chi connectivity index (χ0v) is 23.1. The fraction of sp³-hybridized carbons (Fsp3) is 0.724. The number of anilines is 2. The molecule has 0 saturated carbocycles. The molecule has 4 N–H and O–H groups in total. The Morgan fingerprint density at radius 3 is 2.08 bits per heavy atom. The number of nitrogens with one attached hydrogen (secondary N) is 2. The average Bonchev–Trinajstić information content (AvgIpc) is 3.20. The van der Waals surface area contributed by atoms with Gasteiger partial charge in [0.25, 0.3) is 0 Å². The first-order valence-electron chi connectivity index (χ1n) is 14.5. The Kier molecular flexibility index (Phi) is 16.5. The highest BCUT2D eigenvalue weighted by atomic mass is 16.5. The topological polar surface area (TPSA) is 90.0 Å². The molecule has 7 heteroatoms. The first-order valence-corrected chi connectivity index (χ1v) is 14.5. The minimum Gasteiger partial charge on any atom is -0.494 e. The van der Waals surface area contributed by atoms with Crippen LogP contribution in [0.15, 0.2) is 24.3 Å². The van der Waals surface area contributed by atoms with Crippen molar-refractivity contribution in [2.75, 3.05) is 30.7 Å². The van der Waals surface area contributed by atoms with Crippen LogP contribution in [0.4, 0.5) is 11.9 Å². The molecular formula is C29H52N6O. The van der Waals surface area contributed by atoms with Gasteiger partial charge in [-0.15, -0.1) is 5.10 Å². The number of aryl methyl sites for hydroxylation is 1. The predicted octanol–water partition coefficient (Wildman–Crippen LogP) is 6.85. The average molecular weight is 501 g/mol. The largest absolute Gasteiger partial charge is 0.494 e. The summed E-state index contributed by atoms with van der Waals surface area (Å²) in [6.45, 7) is 5.67. The van der Waals surface area contributed by atoms with Crippen LogP contribution in [0, 0.1) is 0 Å². The molecule has 0 aliphatic rings. The quantitative estimate of drug-likeness (QED) is 0.145. The second kappa shape index (κ2) is 19.9. The summed E-state index contributed by atoms with van der Waals surface area (Å²) in [5.41, 5.74) is 6.86. The van der Waals surface area contributed by atoms with E-state index in [9.17, 15) is 0 Å². The highest BCUT2D eigenvalue weighted by Crippen LogP contribution is 2.15. The van der Waals surface area contributed by atoms with Gasteiger partial charge in [-0.25, -0.2) is 4.68 Å². The minimum atomic E-state index is 0.283. The molecule has 2 aromatic rings. The van der Waals surface area contributed by atoms with Gasteiger partial charge in [0.2, 0.25) is 11.9 Å². The molecule has 36 heavy (non-hydrogen) atoms. The Balaban J connectivity index is 1.39. The molecule has 1 heterocycles. The summed E-state index contributed by atoms with van der Waals surface area (Å²) >= 11 is 0. The second-order valence-electron chi connectivity index (χ2n) is 9.97. The van der Waals surface area contributed by atoms with Crippen molar-refractivity contribution in [3.63, 3.8) is 0 Å². The number of ether oxygens (including phenoxy) is 1. The first-order chi connectivity index (χ1) is 17.7. The number of nitrogens with zero attached hydrogens (tertiary/aromatic N) is 3. The van der Waals surface area contributed by atoms with Crippen LogP contribution in [0.3, 0.4) is 0 Å². The van der Waals surface area contributed by atoms with Gasteiger partial charge in [-0.3, -0.25) is 0 Å². The van der Waals surface area contributed by atoms with E-state index in [0.717, 1.165) is 31.8 Å². The van der Waals surface area contributed by atoms with Crippen LogP contribution < -0.4 is 21.1 Å². The molecule has 0 amide bonds. The normalized spacial score (nSPS) is 11.2. The van der Waals surface area contributed by atoms with Crippen molar-refractivity contribution < 1.29 is 4.74 Å². The molecule has 0 radical (unpaired) electrons. The first kappa shape index (κ1) is 29.9. The molecular weight excluding hydrogens is 448 g/mol. The Morgan fingerprint density at radius 2 is 1.47 bits per heavy atom. The Labute approximate surface area is 220 Å². The van der Waals surface area contributed by atoms with E-state index in [0.29, 0.717) is 12.6 Å². The van der Waals surface area contributed by atoms with Crippen LogP contribution in [0.5, 0.6) is 5.75 Å². The number of rotatable bonds is 23. The van der Waals surface area contributed by atoms with E-state index in [1.807, 2.05) is 13.1 Å². The van der Waals surface area contributed by atoms with Gasteiger partial charge in [0.15, 0.2) is 0 Å². The summed E-state index contributed by atoms with van der Waals surface area (Å²) in [6, 6.07) is 8.38. The fourth-order valence-corrected chi connectivity index (χ4v) is 4.44. The van der Waals surface area contributed by atoms with Crippen molar-refractivity contribution in [3.05, 3.63) is 29.8 Å². The van der Waals surface area contributed by atoms with E-state index < -0.39 is 0 Å². The lowest BCUT2D eigenvalue weighted by Crippen LogP contribution is -2.14. The van der Waals surface area contributed by atoms with Gasteiger partial charge in [0.1, 0.15) is 5.75 Å². The number of hydrogen-bond acceptors (Lipinski definition) is 6. The van der Waals surface area contributed by atoms with Crippen LogP contribution in [0.2, 0.25) is 0 Å². The van der Waals surface area contributed by atoms with E-state index in [2.05, 4.69) is 45.8 Å². The van der Waals surface area contributed by atoms with Gasteiger partial charge >= 0.3 is 0 Å². The minimum absolute atomic E-state index is 0.283. The summed E-state index contributed by atoms with van der Waals surface area (Å²) in [5, 5.41) is 10.8. The number of unbranched alkanes of at least 4 members (excludes halogenated alkanes) is 13. The predicted molar refractivity (Wildman–Crippen MR) is 152 cm³/mol. The third kappa shape index (κ3) is 14.3. The molecule has 7 nitrogen and oxygen atoms in total. The van der Waals surface area contributed by atoms with Crippen molar-refractivity contribution in [3.8, 4) is 5.75 Å². The second-order valence-corrected chi connectivity index (χ2v) is 9.97. The molecule has 0 spiro atoms. The van der Waals surface area contributed by atoms with Crippen LogP contribution >= 0.6 is 0 Å². The summed E-state index contributed by atoms with van der Waals surface area (Å²) in [7, 11) is 1.82. The summed E-state index contributed by atoms with van der Waals surface area (Å²) in [4.78, 5) is 4.13. The highest BCUT2D eigenvalue weighted by molar-refractivity contribution is 5.31. The van der Waals surface area contributed by atoms with Crippen LogP contribution in [-0.2, 0) is 13.6 Å². The number of benzene rings is 1.